The Morgan fingerprint density at radius 1 is 0.929 bits per heavy atom. The van der Waals surface area contributed by atoms with Crippen LogP contribution in [0.2, 0.25) is 0 Å². The Balaban J connectivity index is 1.28. The van der Waals surface area contributed by atoms with Crippen LogP contribution in [0.4, 0.5) is 0 Å². The summed E-state index contributed by atoms with van der Waals surface area (Å²) >= 11 is 0. The van der Waals surface area contributed by atoms with Crippen LogP contribution in [0.15, 0.2) is 12.2 Å². The molecule has 158 valence electrons. The van der Waals surface area contributed by atoms with Crippen LogP contribution in [0.3, 0.4) is 0 Å². The number of hydrogen-bond acceptors (Lipinski definition) is 7. The summed E-state index contributed by atoms with van der Waals surface area (Å²) in [6.07, 6.45) is 3.68. The smallest absolute Gasteiger partial charge is 0.122 e. The van der Waals surface area contributed by atoms with Gasteiger partial charge in [-0.05, 0) is 37.7 Å². The fourth-order valence-electron chi connectivity index (χ4n) is 5.05. The van der Waals surface area contributed by atoms with Crippen molar-refractivity contribution in [1.82, 2.24) is 0 Å². The van der Waals surface area contributed by atoms with Crippen LogP contribution in [-0.2, 0) is 23.7 Å². The van der Waals surface area contributed by atoms with Gasteiger partial charge in [-0.15, -0.1) is 0 Å². The monoisotopic (exact) mass is 396 g/mol. The van der Waals surface area contributed by atoms with Gasteiger partial charge < -0.3 is 34.0 Å². The highest BCUT2D eigenvalue weighted by Gasteiger charge is 2.48. The highest BCUT2D eigenvalue weighted by Crippen LogP contribution is 2.37. The second-order valence-corrected chi connectivity index (χ2v) is 8.71. The van der Waals surface area contributed by atoms with Gasteiger partial charge in [-0.2, -0.15) is 0 Å². The molecule has 7 nitrogen and oxygen atoms in total. The SMILES string of the molecule is C=C1COC(CCC2CC(O)C(C3CC(O)[C@H]4OC(CC=O)CCC4O3)O2)C1. The van der Waals surface area contributed by atoms with Gasteiger partial charge in [0.05, 0.1) is 49.3 Å². The van der Waals surface area contributed by atoms with Gasteiger partial charge in [0, 0.05) is 19.3 Å². The summed E-state index contributed by atoms with van der Waals surface area (Å²) in [6, 6.07) is 0. The van der Waals surface area contributed by atoms with Gasteiger partial charge in [0.15, 0.2) is 0 Å². The molecule has 0 aromatic rings. The average Bonchev–Trinajstić information content (AvgIpc) is 3.26. The number of aliphatic hydroxyl groups excluding tert-OH is 2. The molecule has 9 atom stereocenters. The molecule has 0 aromatic heterocycles. The van der Waals surface area contributed by atoms with E-state index in [9.17, 15) is 15.0 Å². The molecular weight excluding hydrogens is 364 g/mol. The van der Waals surface area contributed by atoms with Gasteiger partial charge in [-0.1, -0.05) is 6.58 Å². The molecule has 28 heavy (non-hydrogen) atoms. The van der Waals surface area contributed by atoms with Crippen molar-refractivity contribution in [2.24, 2.45) is 0 Å². The van der Waals surface area contributed by atoms with E-state index in [1.54, 1.807) is 0 Å². The number of aldehydes is 1. The van der Waals surface area contributed by atoms with E-state index in [0.29, 0.717) is 25.9 Å². The first-order valence-corrected chi connectivity index (χ1v) is 10.6. The van der Waals surface area contributed by atoms with E-state index in [4.69, 9.17) is 18.9 Å². The number of hydrogen-bond donors (Lipinski definition) is 2. The molecule has 0 aromatic carbocycles. The topological polar surface area (TPSA) is 94.5 Å². The van der Waals surface area contributed by atoms with Gasteiger partial charge in [-0.25, -0.2) is 0 Å². The van der Waals surface area contributed by atoms with Crippen LogP contribution in [0.1, 0.15) is 51.4 Å². The third-order valence-electron chi connectivity index (χ3n) is 6.50. The lowest BCUT2D eigenvalue weighted by molar-refractivity contribution is -0.247. The van der Waals surface area contributed by atoms with E-state index < -0.39 is 24.4 Å². The van der Waals surface area contributed by atoms with Crippen molar-refractivity contribution in [3.63, 3.8) is 0 Å². The molecule has 0 bridgehead atoms. The van der Waals surface area contributed by atoms with Crippen LogP contribution in [0.25, 0.3) is 0 Å². The van der Waals surface area contributed by atoms with Gasteiger partial charge >= 0.3 is 0 Å². The lowest BCUT2D eigenvalue weighted by atomic mass is 9.88. The predicted octanol–water partition coefficient (Wildman–Crippen LogP) is 1.29. The third kappa shape index (κ3) is 4.50. The van der Waals surface area contributed by atoms with Gasteiger partial charge in [0.2, 0.25) is 0 Å². The summed E-state index contributed by atoms with van der Waals surface area (Å²) < 4.78 is 23.9. The van der Waals surface area contributed by atoms with Crippen molar-refractivity contribution in [3.05, 3.63) is 12.2 Å². The number of aliphatic hydroxyl groups is 2. The maximum atomic E-state index is 10.7. The molecule has 4 aliphatic heterocycles. The number of fused-ring (bicyclic) bond motifs is 1. The summed E-state index contributed by atoms with van der Waals surface area (Å²) in [7, 11) is 0. The first-order valence-electron chi connectivity index (χ1n) is 10.6. The number of ether oxygens (including phenoxy) is 4. The van der Waals surface area contributed by atoms with E-state index in [-0.39, 0.29) is 30.5 Å². The minimum atomic E-state index is -0.675. The standard InChI is InChI=1S/C21H32O7/c1-12-8-14(25-11-12)2-3-15-9-16(23)21(27-15)19-10-17(24)20-18(28-19)5-4-13(26-20)6-7-22/h7,13-21,23-24H,1-6,8-11H2/t13?,14?,15?,16?,17?,18?,19?,20-,21?/m1/s1. The zero-order valence-corrected chi connectivity index (χ0v) is 16.3. The zero-order valence-electron chi connectivity index (χ0n) is 16.3. The maximum Gasteiger partial charge on any atom is 0.122 e. The summed E-state index contributed by atoms with van der Waals surface area (Å²) in [5.41, 5.74) is 1.14. The molecule has 0 spiro atoms. The Hall–Kier alpha value is -0.830. The second-order valence-electron chi connectivity index (χ2n) is 8.71. The second kappa shape index (κ2) is 8.90. The van der Waals surface area contributed by atoms with Crippen molar-refractivity contribution in [1.29, 1.82) is 0 Å². The van der Waals surface area contributed by atoms with E-state index in [2.05, 4.69) is 6.58 Å². The first kappa shape index (κ1) is 20.4. The van der Waals surface area contributed by atoms with Gasteiger partial charge in [0.1, 0.15) is 18.5 Å². The highest BCUT2D eigenvalue weighted by molar-refractivity contribution is 5.50. The summed E-state index contributed by atoms with van der Waals surface area (Å²) in [5.74, 6) is 0. The van der Waals surface area contributed by atoms with Crippen LogP contribution in [0, 0.1) is 0 Å². The molecule has 4 heterocycles. The van der Waals surface area contributed by atoms with Crippen molar-refractivity contribution >= 4 is 6.29 Å². The van der Waals surface area contributed by atoms with E-state index in [1.807, 2.05) is 0 Å². The number of carbonyl (C=O) groups is 1. The molecule has 0 aliphatic carbocycles. The van der Waals surface area contributed by atoms with Gasteiger partial charge in [-0.3, -0.25) is 0 Å². The molecule has 4 saturated heterocycles. The number of carbonyl (C=O) groups excluding carboxylic acids is 1. The predicted molar refractivity (Wildman–Crippen MR) is 99.9 cm³/mol. The Kier molecular flexibility index (Phi) is 6.50. The lowest BCUT2D eigenvalue weighted by Gasteiger charge is -2.45. The molecule has 0 saturated carbocycles. The molecule has 0 radical (unpaired) electrons. The molecule has 4 rings (SSSR count). The minimum Gasteiger partial charge on any atom is -0.390 e. The van der Waals surface area contributed by atoms with Gasteiger partial charge in [0.25, 0.3) is 0 Å². The third-order valence-corrected chi connectivity index (χ3v) is 6.50. The maximum absolute atomic E-state index is 10.7. The summed E-state index contributed by atoms with van der Waals surface area (Å²) in [4.78, 5) is 10.7. The van der Waals surface area contributed by atoms with Crippen LogP contribution < -0.4 is 0 Å². The number of rotatable bonds is 6. The molecule has 7 heteroatoms. The minimum absolute atomic E-state index is 0.0180. The lowest BCUT2D eigenvalue weighted by Crippen LogP contribution is -2.57. The van der Waals surface area contributed by atoms with Crippen LogP contribution in [-0.4, -0.2) is 78.0 Å². The quantitative estimate of drug-likeness (QED) is 0.516. The molecule has 2 N–H and O–H groups in total. The largest absolute Gasteiger partial charge is 0.390 e. The molecule has 4 aliphatic rings. The van der Waals surface area contributed by atoms with E-state index in [1.165, 1.54) is 0 Å². The van der Waals surface area contributed by atoms with E-state index >= 15 is 0 Å². The average molecular weight is 396 g/mol. The normalized spacial score (nSPS) is 46.5. The fourth-order valence-corrected chi connectivity index (χ4v) is 5.05. The highest BCUT2D eigenvalue weighted by atomic mass is 16.6. The van der Waals surface area contributed by atoms with Crippen LogP contribution >= 0.6 is 0 Å². The van der Waals surface area contributed by atoms with Crippen molar-refractivity contribution < 1.29 is 34.0 Å². The first-order chi connectivity index (χ1) is 13.5. The van der Waals surface area contributed by atoms with Crippen molar-refractivity contribution in [2.45, 2.75) is 106 Å². The molecule has 0 amide bonds. The Bertz CT molecular complexity index is 567. The Labute approximate surface area is 166 Å². The molecule has 8 unspecified atom stereocenters. The summed E-state index contributed by atoms with van der Waals surface area (Å²) in [5, 5.41) is 21.1. The van der Waals surface area contributed by atoms with Crippen molar-refractivity contribution in [3.8, 4) is 0 Å². The summed E-state index contributed by atoms with van der Waals surface area (Å²) in [6.45, 7) is 4.61. The van der Waals surface area contributed by atoms with E-state index in [0.717, 1.165) is 44.0 Å². The fraction of sp³-hybridized carbons (Fsp3) is 0.857. The Morgan fingerprint density at radius 2 is 1.64 bits per heavy atom. The van der Waals surface area contributed by atoms with Crippen molar-refractivity contribution in [2.75, 3.05) is 6.61 Å². The molecule has 4 fully saturated rings. The van der Waals surface area contributed by atoms with Crippen LogP contribution in [0.5, 0.6) is 0 Å². The zero-order chi connectivity index (χ0) is 19.7. The molecular formula is C21H32O7. The Morgan fingerprint density at radius 3 is 2.39 bits per heavy atom.